The van der Waals surface area contributed by atoms with Crippen LogP contribution in [0.25, 0.3) is 21.2 Å². The molecule has 0 saturated carbocycles. The van der Waals surface area contributed by atoms with Crippen molar-refractivity contribution < 1.29 is 9.53 Å². The molecule has 0 N–H and O–H groups in total. The third-order valence-electron chi connectivity index (χ3n) is 5.18. The summed E-state index contributed by atoms with van der Waals surface area (Å²) in [7, 11) is 0. The molecule has 0 atom stereocenters. The molecule has 10 heteroatoms. The van der Waals surface area contributed by atoms with E-state index in [1.54, 1.807) is 23.4 Å². The first kappa shape index (κ1) is 18.6. The molecule has 2 fully saturated rings. The van der Waals surface area contributed by atoms with Crippen molar-refractivity contribution in [2.75, 3.05) is 26.2 Å². The van der Waals surface area contributed by atoms with Crippen molar-refractivity contribution in [2.45, 2.75) is 31.9 Å². The highest BCUT2D eigenvalue weighted by Crippen LogP contribution is 2.36. The Hall–Kier alpha value is -2.77. The first-order chi connectivity index (χ1) is 13.4. The molecule has 0 radical (unpaired) electrons. The number of halogens is 1. The van der Waals surface area contributed by atoms with Crippen LogP contribution in [0.5, 0.6) is 5.88 Å². The molecule has 2 aromatic rings. The van der Waals surface area contributed by atoms with E-state index >= 15 is 0 Å². The Morgan fingerprint density at radius 2 is 2.04 bits per heavy atom. The Bertz CT molecular complexity index is 979. The fourth-order valence-electron chi connectivity index (χ4n) is 3.37. The van der Waals surface area contributed by atoms with Crippen LogP contribution in [0.1, 0.15) is 25.8 Å². The zero-order valence-corrected chi connectivity index (χ0v) is 16.4. The molecule has 0 unspecified atom stereocenters. The molecule has 9 nitrogen and oxygen atoms in total. The summed E-state index contributed by atoms with van der Waals surface area (Å²) in [5.41, 5.74) is 8.80. The van der Waals surface area contributed by atoms with Gasteiger partial charge in [0.1, 0.15) is 11.3 Å². The summed E-state index contributed by atoms with van der Waals surface area (Å²) in [6, 6.07) is 1.79. The van der Waals surface area contributed by atoms with E-state index in [4.69, 9.17) is 21.9 Å². The molecule has 2 saturated heterocycles. The summed E-state index contributed by atoms with van der Waals surface area (Å²) in [5, 5.41) is 5.67. The highest BCUT2D eigenvalue weighted by molar-refractivity contribution is 6.30. The van der Waals surface area contributed by atoms with Gasteiger partial charge in [0, 0.05) is 30.4 Å². The number of fused-ring (bicyclic) bond motifs is 1. The maximum Gasteiger partial charge on any atom is 0.320 e. The van der Waals surface area contributed by atoms with Gasteiger partial charge in [-0.15, -0.1) is 0 Å². The predicted molar refractivity (Wildman–Crippen MR) is 104 cm³/mol. The van der Waals surface area contributed by atoms with Crippen LogP contribution in [0.15, 0.2) is 23.6 Å². The third-order valence-corrected chi connectivity index (χ3v) is 5.39. The first-order valence-electron chi connectivity index (χ1n) is 9.10. The summed E-state index contributed by atoms with van der Waals surface area (Å²) in [6.45, 7) is 6.35. The molecule has 4 rings (SSSR count). The van der Waals surface area contributed by atoms with Crippen molar-refractivity contribution in [1.82, 2.24) is 19.8 Å². The minimum atomic E-state index is -0.805. The number of likely N-dealkylation sites (tertiary alicyclic amines) is 2. The molecule has 4 heterocycles. The summed E-state index contributed by atoms with van der Waals surface area (Å²) in [4.78, 5) is 27.3. The van der Waals surface area contributed by atoms with Gasteiger partial charge in [-0.2, -0.15) is 0 Å². The van der Waals surface area contributed by atoms with E-state index in [2.05, 4.69) is 20.0 Å². The summed E-state index contributed by atoms with van der Waals surface area (Å²) >= 11 is 6.09. The smallest absolute Gasteiger partial charge is 0.320 e. The average Bonchev–Trinajstić information content (AvgIpc) is 2.55. The molecule has 2 amide bonds. The van der Waals surface area contributed by atoms with Gasteiger partial charge in [0.15, 0.2) is 0 Å². The van der Waals surface area contributed by atoms with Crippen LogP contribution >= 0.6 is 11.6 Å². The van der Waals surface area contributed by atoms with Crippen LogP contribution in [-0.4, -0.2) is 58.1 Å². The number of urea groups is 1. The number of rotatable bonds is 4. The SMILES string of the molecule is CC(C)(N=[N+]=[N-])c1cnc(OC2CN(C(=O)N3CCC3)C2)c2cnc(Cl)cc12. The van der Waals surface area contributed by atoms with Gasteiger partial charge < -0.3 is 14.5 Å². The van der Waals surface area contributed by atoms with Gasteiger partial charge in [-0.3, -0.25) is 0 Å². The topological polar surface area (TPSA) is 107 Å². The standard InChI is InChI=1S/C18H20ClN7O2/c1-18(2,23-24-20)14-8-22-16(13-7-21-15(19)6-12(13)14)28-11-9-26(10-11)17(27)25-4-3-5-25/h6-8,11H,3-5,9-10H2,1-2H3. The summed E-state index contributed by atoms with van der Waals surface area (Å²) < 4.78 is 6.03. The number of hydrogen-bond donors (Lipinski definition) is 0. The third kappa shape index (κ3) is 3.27. The fraction of sp³-hybridized carbons (Fsp3) is 0.500. The minimum absolute atomic E-state index is 0.0730. The van der Waals surface area contributed by atoms with Gasteiger partial charge >= 0.3 is 6.03 Å². The van der Waals surface area contributed by atoms with Gasteiger partial charge in [-0.25, -0.2) is 14.8 Å². The Morgan fingerprint density at radius 1 is 1.29 bits per heavy atom. The molecule has 2 aliphatic heterocycles. The number of hydrogen-bond acceptors (Lipinski definition) is 5. The second kappa shape index (κ2) is 7.00. The zero-order chi connectivity index (χ0) is 19.9. The van der Waals surface area contributed by atoms with E-state index in [1.807, 2.05) is 18.7 Å². The lowest BCUT2D eigenvalue weighted by molar-refractivity contribution is 0.0224. The zero-order valence-electron chi connectivity index (χ0n) is 15.7. The normalized spacial score (nSPS) is 17.0. The molecule has 146 valence electrons. The second-order valence-electron chi connectivity index (χ2n) is 7.55. The van der Waals surface area contributed by atoms with E-state index in [0.29, 0.717) is 29.5 Å². The lowest BCUT2D eigenvalue weighted by Crippen LogP contribution is -2.61. The second-order valence-corrected chi connectivity index (χ2v) is 7.93. The van der Waals surface area contributed by atoms with E-state index in [9.17, 15) is 4.79 Å². The summed E-state index contributed by atoms with van der Waals surface area (Å²) in [6.07, 6.45) is 4.21. The van der Waals surface area contributed by atoms with Gasteiger partial charge in [0.25, 0.3) is 0 Å². The van der Waals surface area contributed by atoms with Crippen LogP contribution in [-0.2, 0) is 5.54 Å². The largest absolute Gasteiger partial charge is 0.470 e. The highest BCUT2D eigenvalue weighted by atomic mass is 35.5. The number of carbonyl (C=O) groups excluding carboxylic acids is 1. The molecule has 0 aromatic carbocycles. The number of aromatic nitrogens is 2. The maximum absolute atomic E-state index is 12.2. The molecule has 0 aliphatic carbocycles. The van der Waals surface area contributed by atoms with Crippen LogP contribution < -0.4 is 4.74 Å². The quantitative estimate of drug-likeness (QED) is 0.336. The van der Waals surface area contributed by atoms with Crippen LogP contribution in [0.4, 0.5) is 4.79 Å². The maximum atomic E-state index is 12.2. The molecule has 0 spiro atoms. The van der Waals surface area contributed by atoms with Crippen LogP contribution in [0, 0.1) is 0 Å². The Kier molecular flexibility index (Phi) is 4.64. The number of azide groups is 1. The Labute approximate surface area is 166 Å². The van der Waals surface area contributed by atoms with E-state index in [0.717, 1.165) is 30.5 Å². The number of pyridine rings is 2. The number of nitrogens with zero attached hydrogens (tertiary/aromatic N) is 7. The van der Waals surface area contributed by atoms with Crippen molar-refractivity contribution in [2.24, 2.45) is 5.11 Å². The summed E-state index contributed by atoms with van der Waals surface area (Å²) in [5.74, 6) is 0.431. The van der Waals surface area contributed by atoms with E-state index < -0.39 is 5.54 Å². The Balaban J connectivity index is 1.57. The van der Waals surface area contributed by atoms with Crippen molar-refractivity contribution in [3.05, 3.63) is 39.6 Å². The molecule has 28 heavy (non-hydrogen) atoms. The number of amides is 2. The van der Waals surface area contributed by atoms with Gasteiger partial charge in [-0.1, -0.05) is 30.6 Å². The molecule has 2 aromatic heterocycles. The monoisotopic (exact) mass is 401 g/mol. The lowest BCUT2D eigenvalue weighted by atomic mass is 9.93. The number of ether oxygens (including phenoxy) is 1. The van der Waals surface area contributed by atoms with Crippen molar-refractivity contribution in [3.63, 3.8) is 0 Å². The van der Waals surface area contributed by atoms with E-state index in [1.165, 1.54) is 0 Å². The van der Waals surface area contributed by atoms with Crippen molar-refractivity contribution in [3.8, 4) is 5.88 Å². The van der Waals surface area contributed by atoms with Crippen LogP contribution in [0.3, 0.4) is 0 Å². The highest BCUT2D eigenvalue weighted by Gasteiger charge is 2.37. The molecular weight excluding hydrogens is 382 g/mol. The molecule has 0 bridgehead atoms. The Morgan fingerprint density at radius 3 is 2.68 bits per heavy atom. The number of carbonyl (C=O) groups is 1. The fourth-order valence-corrected chi connectivity index (χ4v) is 3.52. The first-order valence-corrected chi connectivity index (χ1v) is 9.48. The average molecular weight is 402 g/mol. The van der Waals surface area contributed by atoms with Crippen molar-refractivity contribution >= 4 is 28.4 Å². The van der Waals surface area contributed by atoms with Gasteiger partial charge in [0.05, 0.1) is 24.0 Å². The van der Waals surface area contributed by atoms with Gasteiger partial charge in [-0.05, 0) is 29.0 Å². The minimum Gasteiger partial charge on any atom is -0.470 e. The molecule has 2 aliphatic rings. The van der Waals surface area contributed by atoms with Gasteiger partial charge in [0.2, 0.25) is 5.88 Å². The lowest BCUT2D eigenvalue weighted by Gasteiger charge is -2.43. The van der Waals surface area contributed by atoms with Crippen molar-refractivity contribution in [1.29, 1.82) is 0 Å². The predicted octanol–water partition coefficient (Wildman–Crippen LogP) is 3.72. The molecular formula is C18H20ClN7O2. The van der Waals surface area contributed by atoms with Crippen LogP contribution in [0.2, 0.25) is 5.15 Å². The van der Waals surface area contributed by atoms with E-state index in [-0.39, 0.29) is 12.1 Å².